The Morgan fingerprint density at radius 2 is 2.19 bits per heavy atom. The fourth-order valence-corrected chi connectivity index (χ4v) is 4.75. The molecule has 2 aromatic rings. The monoisotopic (exact) mass is 308 g/mol. The van der Waals surface area contributed by atoms with Crippen molar-refractivity contribution in [3.63, 3.8) is 0 Å². The third-order valence-electron chi connectivity index (χ3n) is 3.66. The first-order valence-electron chi connectivity index (χ1n) is 6.67. The summed E-state index contributed by atoms with van der Waals surface area (Å²) in [4.78, 5) is 12.1. The zero-order chi connectivity index (χ0) is 15.1. The molecule has 1 amide bonds. The number of carbonyl (C=O) groups is 1. The number of sulfone groups is 1. The molecule has 2 heterocycles. The van der Waals surface area contributed by atoms with Crippen LogP contribution in [0.15, 0.2) is 24.3 Å². The van der Waals surface area contributed by atoms with Gasteiger partial charge in [-0.1, -0.05) is 17.3 Å². The summed E-state index contributed by atoms with van der Waals surface area (Å²) in [6.45, 7) is 1.78. The standard InChI is InChI=1S/C13H16N4O3S/c1-13(6-7-21(19,20)9-13)14-12(18)8-17-11-5-3-2-4-10(11)15-16-17/h2-5H,6-9H2,1H3,(H,14,18). The van der Waals surface area contributed by atoms with E-state index < -0.39 is 15.4 Å². The minimum Gasteiger partial charge on any atom is -0.348 e. The molecule has 1 atom stereocenters. The van der Waals surface area contributed by atoms with E-state index in [-0.39, 0.29) is 24.0 Å². The van der Waals surface area contributed by atoms with Crippen LogP contribution in [0, 0.1) is 0 Å². The second-order valence-corrected chi connectivity index (χ2v) is 7.87. The molecule has 0 saturated carbocycles. The van der Waals surface area contributed by atoms with Crippen LogP contribution in [0.4, 0.5) is 0 Å². The minimum atomic E-state index is -3.05. The molecule has 0 aliphatic carbocycles. The molecule has 1 aromatic carbocycles. The summed E-state index contributed by atoms with van der Waals surface area (Å²) < 4.78 is 24.6. The van der Waals surface area contributed by atoms with Gasteiger partial charge in [0.15, 0.2) is 9.84 Å². The van der Waals surface area contributed by atoms with Gasteiger partial charge in [-0.05, 0) is 25.5 Å². The number of rotatable bonds is 3. The van der Waals surface area contributed by atoms with E-state index in [1.165, 1.54) is 4.68 Å². The molecule has 1 unspecified atom stereocenters. The summed E-state index contributed by atoms with van der Waals surface area (Å²) in [5, 5.41) is 10.7. The van der Waals surface area contributed by atoms with E-state index in [1.54, 1.807) is 6.92 Å². The number of nitrogens with zero attached hydrogens (tertiary/aromatic N) is 3. The molecule has 1 aliphatic rings. The fourth-order valence-electron chi connectivity index (χ4n) is 2.66. The summed E-state index contributed by atoms with van der Waals surface area (Å²) in [5.74, 6) is -0.148. The number of benzene rings is 1. The summed E-state index contributed by atoms with van der Waals surface area (Å²) in [6.07, 6.45) is 0.444. The fraction of sp³-hybridized carbons (Fsp3) is 0.462. The summed E-state index contributed by atoms with van der Waals surface area (Å²) in [7, 11) is -3.05. The normalized spacial score (nSPS) is 24.2. The Morgan fingerprint density at radius 1 is 1.43 bits per heavy atom. The van der Waals surface area contributed by atoms with Crippen LogP contribution in [0.5, 0.6) is 0 Å². The van der Waals surface area contributed by atoms with Crippen molar-refractivity contribution in [2.45, 2.75) is 25.4 Å². The maximum Gasteiger partial charge on any atom is 0.242 e. The van der Waals surface area contributed by atoms with Crippen molar-refractivity contribution < 1.29 is 13.2 Å². The first kappa shape index (κ1) is 14.0. The molecule has 1 aromatic heterocycles. The molecular formula is C13H16N4O3S. The van der Waals surface area contributed by atoms with E-state index in [0.717, 1.165) is 11.0 Å². The van der Waals surface area contributed by atoms with Gasteiger partial charge in [0.05, 0.1) is 22.6 Å². The Balaban J connectivity index is 1.73. The second kappa shape index (κ2) is 4.80. The average molecular weight is 308 g/mol. The Labute approximate surface area is 122 Å². The number of carbonyl (C=O) groups excluding carboxylic acids is 1. The molecule has 21 heavy (non-hydrogen) atoms. The topological polar surface area (TPSA) is 93.9 Å². The molecule has 0 bridgehead atoms. The lowest BCUT2D eigenvalue weighted by Gasteiger charge is -2.23. The van der Waals surface area contributed by atoms with Gasteiger partial charge in [-0.3, -0.25) is 4.79 Å². The third kappa shape index (κ3) is 2.90. The third-order valence-corrected chi connectivity index (χ3v) is 5.56. The maximum absolute atomic E-state index is 12.1. The molecule has 8 heteroatoms. The first-order chi connectivity index (χ1) is 9.87. The Bertz CT molecular complexity index is 799. The molecule has 1 aliphatic heterocycles. The van der Waals surface area contributed by atoms with Crippen LogP contribution >= 0.6 is 0 Å². The molecule has 1 saturated heterocycles. The van der Waals surface area contributed by atoms with Crippen LogP contribution in [0.1, 0.15) is 13.3 Å². The van der Waals surface area contributed by atoms with E-state index in [1.807, 2.05) is 24.3 Å². The van der Waals surface area contributed by atoms with Crippen LogP contribution in [-0.2, 0) is 21.2 Å². The summed E-state index contributed by atoms with van der Waals surface area (Å²) in [5.41, 5.74) is 0.809. The number of amides is 1. The average Bonchev–Trinajstić information content (AvgIpc) is 2.91. The highest BCUT2D eigenvalue weighted by Gasteiger charge is 2.39. The minimum absolute atomic E-state index is 0.0101. The van der Waals surface area contributed by atoms with Gasteiger partial charge in [-0.15, -0.1) is 5.10 Å². The predicted molar refractivity (Wildman–Crippen MR) is 77.3 cm³/mol. The van der Waals surface area contributed by atoms with Crippen LogP contribution in [0.2, 0.25) is 0 Å². The van der Waals surface area contributed by atoms with E-state index in [4.69, 9.17) is 0 Å². The van der Waals surface area contributed by atoms with Crippen molar-refractivity contribution in [1.82, 2.24) is 20.3 Å². The molecule has 7 nitrogen and oxygen atoms in total. The van der Waals surface area contributed by atoms with Crippen molar-refractivity contribution >= 4 is 26.8 Å². The van der Waals surface area contributed by atoms with Crippen LogP contribution in [0.25, 0.3) is 11.0 Å². The maximum atomic E-state index is 12.1. The number of aromatic nitrogens is 3. The van der Waals surface area contributed by atoms with Crippen molar-refractivity contribution in [3.8, 4) is 0 Å². The van der Waals surface area contributed by atoms with Gasteiger partial charge in [0.25, 0.3) is 0 Å². The van der Waals surface area contributed by atoms with Crippen molar-refractivity contribution in [3.05, 3.63) is 24.3 Å². The Morgan fingerprint density at radius 3 is 2.90 bits per heavy atom. The zero-order valence-corrected chi connectivity index (χ0v) is 12.4. The molecule has 112 valence electrons. The van der Waals surface area contributed by atoms with E-state index >= 15 is 0 Å². The van der Waals surface area contributed by atoms with Gasteiger partial charge in [-0.2, -0.15) is 0 Å². The lowest BCUT2D eigenvalue weighted by molar-refractivity contribution is -0.123. The van der Waals surface area contributed by atoms with Crippen LogP contribution in [-0.4, -0.2) is 46.4 Å². The van der Waals surface area contributed by atoms with Gasteiger partial charge < -0.3 is 5.32 Å². The lowest BCUT2D eigenvalue weighted by Crippen LogP contribution is -2.48. The van der Waals surface area contributed by atoms with Gasteiger partial charge in [-0.25, -0.2) is 13.1 Å². The largest absolute Gasteiger partial charge is 0.348 e. The first-order valence-corrected chi connectivity index (χ1v) is 8.49. The lowest BCUT2D eigenvalue weighted by atomic mass is 10.0. The van der Waals surface area contributed by atoms with E-state index in [9.17, 15) is 13.2 Å². The van der Waals surface area contributed by atoms with Gasteiger partial charge in [0.1, 0.15) is 12.1 Å². The number of fused-ring (bicyclic) bond motifs is 1. The number of hydrogen-bond donors (Lipinski definition) is 1. The van der Waals surface area contributed by atoms with Crippen LogP contribution in [0.3, 0.4) is 0 Å². The highest BCUT2D eigenvalue weighted by atomic mass is 32.2. The number of nitrogens with one attached hydrogen (secondary N) is 1. The molecule has 3 rings (SSSR count). The van der Waals surface area contributed by atoms with E-state index in [0.29, 0.717) is 6.42 Å². The Hall–Kier alpha value is -1.96. The van der Waals surface area contributed by atoms with Crippen molar-refractivity contribution in [1.29, 1.82) is 0 Å². The molecule has 0 spiro atoms. The Kier molecular flexibility index (Phi) is 3.20. The smallest absolute Gasteiger partial charge is 0.242 e. The number of hydrogen-bond acceptors (Lipinski definition) is 5. The SMILES string of the molecule is CC1(NC(=O)Cn2nnc3ccccc32)CCS(=O)(=O)C1. The van der Waals surface area contributed by atoms with Gasteiger partial charge >= 0.3 is 0 Å². The molecule has 0 radical (unpaired) electrons. The van der Waals surface area contributed by atoms with Crippen molar-refractivity contribution in [2.75, 3.05) is 11.5 Å². The zero-order valence-electron chi connectivity index (χ0n) is 11.6. The number of para-hydroxylation sites is 1. The highest BCUT2D eigenvalue weighted by molar-refractivity contribution is 7.91. The quantitative estimate of drug-likeness (QED) is 0.869. The van der Waals surface area contributed by atoms with Gasteiger partial charge in [0, 0.05) is 0 Å². The highest BCUT2D eigenvalue weighted by Crippen LogP contribution is 2.22. The molecule has 1 N–H and O–H groups in total. The van der Waals surface area contributed by atoms with Crippen LogP contribution < -0.4 is 5.32 Å². The van der Waals surface area contributed by atoms with Gasteiger partial charge in [0.2, 0.25) is 5.91 Å². The summed E-state index contributed by atoms with van der Waals surface area (Å²) in [6, 6.07) is 7.36. The second-order valence-electron chi connectivity index (χ2n) is 5.69. The molecule has 1 fully saturated rings. The summed E-state index contributed by atoms with van der Waals surface area (Å²) >= 11 is 0. The molecular weight excluding hydrogens is 292 g/mol. The van der Waals surface area contributed by atoms with Crippen molar-refractivity contribution in [2.24, 2.45) is 0 Å². The van der Waals surface area contributed by atoms with E-state index in [2.05, 4.69) is 15.6 Å². The predicted octanol–water partition coefficient (Wildman–Crippen LogP) is 0.125.